The van der Waals surface area contributed by atoms with Crippen LogP contribution in [0.5, 0.6) is 0 Å². The van der Waals surface area contributed by atoms with E-state index in [-0.39, 0.29) is 16.7 Å². The number of nitrogens with zero attached hydrogens (tertiary/aromatic N) is 2. The van der Waals surface area contributed by atoms with Crippen LogP contribution in [0.15, 0.2) is 24.3 Å². The van der Waals surface area contributed by atoms with E-state index in [0.717, 1.165) is 0 Å². The number of hydrogen-bond donors (Lipinski definition) is 1. The Morgan fingerprint density at radius 2 is 2.05 bits per heavy atom. The maximum absolute atomic E-state index is 13.8. The third-order valence-corrected chi connectivity index (χ3v) is 2.67. The van der Waals surface area contributed by atoms with Gasteiger partial charge in [-0.05, 0) is 43.1 Å². The molecule has 6 heteroatoms. The lowest BCUT2D eigenvalue weighted by Crippen LogP contribution is -2.15. The van der Waals surface area contributed by atoms with Crippen LogP contribution in [0.3, 0.4) is 0 Å². The second kappa shape index (κ2) is 5.32. The predicted molar refractivity (Wildman–Crippen MR) is 70.9 cm³/mol. The molecule has 0 aliphatic carbocycles. The average molecular weight is 280 g/mol. The summed E-state index contributed by atoms with van der Waals surface area (Å²) < 4.78 is 13.8. The first-order valence-electron chi connectivity index (χ1n) is 5.55. The second-order valence-electron chi connectivity index (χ2n) is 4.05. The van der Waals surface area contributed by atoms with Crippen molar-refractivity contribution in [3.8, 4) is 0 Å². The van der Waals surface area contributed by atoms with Crippen molar-refractivity contribution in [3.05, 3.63) is 52.3 Å². The Hall–Kier alpha value is -2.01. The Bertz CT molecular complexity index is 626. The first-order valence-corrected chi connectivity index (χ1v) is 5.93. The van der Waals surface area contributed by atoms with Crippen molar-refractivity contribution in [1.29, 1.82) is 0 Å². The number of amides is 1. The molecule has 0 unspecified atom stereocenters. The summed E-state index contributed by atoms with van der Waals surface area (Å²) in [5, 5.41) is 2.44. The maximum Gasteiger partial charge on any atom is 0.274 e. The van der Waals surface area contributed by atoms with E-state index < -0.39 is 11.7 Å². The molecule has 1 amide bonds. The molecule has 0 aliphatic heterocycles. The van der Waals surface area contributed by atoms with Gasteiger partial charge in [0, 0.05) is 5.69 Å². The second-order valence-corrected chi connectivity index (χ2v) is 4.39. The van der Waals surface area contributed by atoms with Gasteiger partial charge in [-0.1, -0.05) is 12.1 Å². The summed E-state index contributed by atoms with van der Waals surface area (Å²) >= 11 is 5.68. The van der Waals surface area contributed by atoms with E-state index in [1.165, 1.54) is 12.1 Å². The highest BCUT2D eigenvalue weighted by Crippen LogP contribution is 2.18. The van der Waals surface area contributed by atoms with Crippen LogP contribution >= 0.6 is 11.6 Å². The number of halogens is 2. The Labute approximate surface area is 114 Å². The van der Waals surface area contributed by atoms with Gasteiger partial charge in [-0.2, -0.15) is 0 Å². The summed E-state index contributed by atoms with van der Waals surface area (Å²) in [5.41, 5.74) is 1.22. The molecule has 98 valence electrons. The molecule has 19 heavy (non-hydrogen) atoms. The summed E-state index contributed by atoms with van der Waals surface area (Å²) in [4.78, 5) is 19.6. The Kier molecular flexibility index (Phi) is 3.76. The van der Waals surface area contributed by atoms with Crippen molar-refractivity contribution < 1.29 is 9.18 Å². The first-order chi connectivity index (χ1) is 8.97. The molecule has 1 N–H and O–H groups in total. The highest BCUT2D eigenvalue weighted by atomic mass is 35.5. The van der Waals surface area contributed by atoms with Crippen LogP contribution < -0.4 is 5.32 Å². The van der Waals surface area contributed by atoms with Gasteiger partial charge in [0.2, 0.25) is 5.28 Å². The van der Waals surface area contributed by atoms with Gasteiger partial charge < -0.3 is 5.32 Å². The van der Waals surface area contributed by atoms with Crippen molar-refractivity contribution in [1.82, 2.24) is 9.97 Å². The number of carbonyl (C=O) groups is 1. The number of anilines is 1. The minimum Gasteiger partial charge on any atom is -0.318 e. The lowest BCUT2D eigenvalue weighted by Gasteiger charge is -2.07. The molecule has 2 rings (SSSR count). The van der Waals surface area contributed by atoms with Gasteiger partial charge in [0.15, 0.2) is 0 Å². The molecular weight excluding hydrogens is 269 g/mol. The average Bonchev–Trinajstić information content (AvgIpc) is 2.33. The zero-order chi connectivity index (χ0) is 14.0. The van der Waals surface area contributed by atoms with Crippen LogP contribution in [0.2, 0.25) is 5.28 Å². The zero-order valence-corrected chi connectivity index (χ0v) is 11.1. The Balaban J connectivity index is 2.28. The van der Waals surface area contributed by atoms with Crippen molar-refractivity contribution in [2.45, 2.75) is 13.8 Å². The number of aromatic nitrogens is 2. The fraction of sp³-hybridized carbons (Fsp3) is 0.154. The van der Waals surface area contributed by atoms with E-state index in [4.69, 9.17) is 11.6 Å². The largest absolute Gasteiger partial charge is 0.318 e. The molecule has 2 aromatic rings. The van der Waals surface area contributed by atoms with Crippen molar-refractivity contribution in [3.63, 3.8) is 0 Å². The molecule has 0 radical (unpaired) electrons. The zero-order valence-electron chi connectivity index (χ0n) is 10.4. The van der Waals surface area contributed by atoms with Crippen LogP contribution in [0.4, 0.5) is 10.1 Å². The van der Waals surface area contributed by atoms with Crippen LogP contribution in [0, 0.1) is 19.7 Å². The normalized spacial score (nSPS) is 10.3. The number of aryl methyl sites for hydroxylation is 2. The Morgan fingerprint density at radius 1 is 1.32 bits per heavy atom. The van der Waals surface area contributed by atoms with Crippen molar-refractivity contribution in [2.24, 2.45) is 0 Å². The molecule has 0 fully saturated rings. The molecule has 1 heterocycles. The smallest absolute Gasteiger partial charge is 0.274 e. The molecule has 0 spiro atoms. The van der Waals surface area contributed by atoms with Crippen LogP contribution in [0.25, 0.3) is 0 Å². The molecule has 1 aromatic heterocycles. The van der Waals surface area contributed by atoms with E-state index in [0.29, 0.717) is 11.3 Å². The third kappa shape index (κ3) is 3.06. The van der Waals surface area contributed by atoms with Gasteiger partial charge in [0.1, 0.15) is 11.5 Å². The molecule has 0 saturated carbocycles. The van der Waals surface area contributed by atoms with Gasteiger partial charge in [0.05, 0.1) is 5.69 Å². The summed E-state index contributed by atoms with van der Waals surface area (Å²) in [6, 6.07) is 6.24. The van der Waals surface area contributed by atoms with E-state index in [1.54, 1.807) is 26.0 Å². The topological polar surface area (TPSA) is 54.9 Å². The maximum atomic E-state index is 13.8. The standard InChI is InChI=1S/C13H11ClFN3O/c1-7-4-3-5-9(11(7)15)17-12(19)10-6-8(2)16-13(14)18-10/h3-6H,1-2H3,(H,17,19). The van der Waals surface area contributed by atoms with Crippen molar-refractivity contribution >= 4 is 23.2 Å². The lowest BCUT2D eigenvalue weighted by molar-refractivity contribution is 0.102. The summed E-state index contributed by atoms with van der Waals surface area (Å²) in [6.45, 7) is 3.31. The minimum absolute atomic E-state index is 0.0186. The molecule has 0 bridgehead atoms. The quantitative estimate of drug-likeness (QED) is 0.859. The predicted octanol–water partition coefficient (Wildman–Crippen LogP) is 3.14. The fourth-order valence-electron chi connectivity index (χ4n) is 1.58. The van der Waals surface area contributed by atoms with Crippen LogP contribution in [0.1, 0.15) is 21.7 Å². The monoisotopic (exact) mass is 279 g/mol. The third-order valence-electron chi connectivity index (χ3n) is 2.50. The van der Waals surface area contributed by atoms with Crippen LogP contribution in [-0.2, 0) is 0 Å². The van der Waals surface area contributed by atoms with Gasteiger partial charge >= 0.3 is 0 Å². The van der Waals surface area contributed by atoms with E-state index >= 15 is 0 Å². The van der Waals surface area contributed by atoms with Crippen LogP contribution in [-0.4, -0.2) is 15.9 Å². The number of rotatable bonds is 2. The summed E-state index contributed by atoms with van der Waals surface area (Å²) in [7, 11) is 0. The first kappa shape index (κ1) is 13.4. The van der Waals surface area contributed by atoms with Crippen molar-refractivity contribution in [2.75, 3.05) is 5.32 Å². The van der Waals surface area contributed by atoms with E-state index in [1.807, 2.05) is 0 Å². The lowest BCUT2D eigenvalue weighted by atomic mass is 10.2. The number of carbonyl (C=O) groups excluding carboxylic acids is 1. The number of benzene rings is 1. The number of hydrogen-bond acceptors (Lipinski definition) is 3. The van der Waals surface area contributed by atoms with Gasteiger partial charge in [-0.25, -0.2) is 14.4 Å². The fourth-order valence-corrected chi connectivity index (χ4v) is 1.80. The molecular formula is C13H11ClFN3O. The van der Waals surface area contributed by atoms with E-state index in [9.17, 15) is 9.18 Å². The highest BCUT2D eigenvalue weighted by Gasteiger charge is 2.13. The van der Waals surface area contributed by atoms with Gasteiger partial charge in [0.25, 0.3) is 5.91 Å². The molecule has 0 atom stereocenters. The minimum atomic E-state index is -0.531. The Morgan fingerprint density at radius 3 is 2.74 bits per heavy atom. The SMILES string of the molecule is Cc1cc(C(=O)Nc2cccc(C)c2F)nc(Cl)n1. The highest BCUT2D eigenvalue weighted by molar-refractivity contribution is 6.28. The molecule has 4 nitrogen and oxygen atoms in total. The van der Waals surface area contributed by atoms with E-state index in [2.05, 4.69) is 15.3 Å². The van der Waals surface area contributed by atoms with Gasteiger partial charge in [-0.3, -0.25) is 4.79 Å². The molecule has 1 aromatic carbocycles. The molecule has 0 aliphatic rings. The number of nitrogens with one attached hydrogen (secondary N) is 1. The molecule has 0 saturated heterocycles. The summed E-state index contributed by atoms with van der Waals surface area (Å²) in [5.74, 6) is -0.996. The summed E-state index contributed by atoms with van der Waals surface area (Å²) in [6.07, 6.45) is 0. The van der Waals surface area contributed by atoms with Gasteiger partial charge in [-0.15, -0.1) is 0 Å².